The van der Waals surface area contributed by atoms with Gasteiger partial charge in [-0.2, -0.15) is 21.4 Å². The predicted molar refractivity (Wildman–Crippen MR) is 329 cm³/mol. The first-order valence-electron chi connectivity index (χ1n) is 27.9. The first-order valence-corrected chi connectivity index (χ1v) is 37.3. The van der Waals surface area contributed by atoms with Crippen molar-refractivity contribution in [3.05, 3.63) is 157 Å². The van der Waals surface area contributed by atoms with Crippen LogP contribution in [0.3, 0.4) is 0 Å². The minimum absolute atomic E-state index is 0.0516. The zero-order valence-corrected chi connectivity index (χ0v) is 54.3. The topological polar surface area (TPSA) is 403 Å². The number of nitrogens with one attached hydrogen (secondary N) is 3. The van der Waals surface area contributed by atoms with Crippen LogP contribution in [0.2, 0.25) is 0 Å². The zero-order chi connectivity index (χ0) is 65.9. The van der Waals surface area contributed by atoms with Gasteiger partial charge in [0.2, 0.25) is 11.6 Å². The predicted octanol–water partition coefficient (Wildman–Crippen LogP) is 9.79. The van der Waals surface area contributed by atoms with E-state index in [1.54, 1.807) is 36.0 Å². The summed E-state index contributed by atoms with van der Waals surface area (Å²) in [5.41, 5.74) is 4.14. The molecule has 3 atom stereocenters. The summed E-state index contributed by atoms with van der Waals surface area (Å²) in [5.74, 6) is -0.915. The number of aromatic nitrogens is 2. The Balaban J connectivity index is 0.941. The van der Waals surface area contributed by atoms with Crippen LogP contribution in [0.4, 0.5) is 17.1 Å². The number of nitrogens with zero attached hydrogens (tertiary/aromatic N) is 3. The van der Waals surface area contributed by atoms with Crippen LogP contribution in [-0.4, -0.2) is 105 Å². The third-order valence-corrected chi connectivity index (χ3v) is 28.5. The maximum Gasteiger partial charge on any atom is 0.294 e. The molecule has 8 N–H and O–H groups in total. The Kier molecular flexibility index (Phi) is 21.1. The van der Waals surface area contributed by atoms with Crippen LogP contribution in [0, 0.1) is 0 Å². The van der Waals surface area contributed by atoms with Crippen LogP contribution in [0.25, 0.3) is 6.08 Å². The Morgan fingerprint density at radius 1 is 0.867 bits per heavy atom. The van der Waals surface area contributed by atoms with Crippen molar-refractivity contribution in [2.45, 2.75) is 130 Å². The normalized spacial score (nSPS) is 20.5. The summed E-state index contributed by atoms with van der Waals surface area (Å²) in [4.78, 5) is 57.1. The van der Waals surface area contributed by atoms with Crippen LogP contribution in [0.5, 0.6) is 0 Å². The summed E-state index contributed by atoms with van der Waals surface area (Å²) in [7, 11) is -18.0. The number of rotatable bonds is 25. The number of thioether (sulfide) groups is 1. The number of hydrogen-bond donors (Lipinski definition) is 8. The number of fused-ring (bicyclic) bond motifs is 2. The number of amides is 2. The van der Waals surface area contributed by atoms with E-state index in [1.165, 1.54) is 24.3 Å². The molecular formula is C56H66N6O22P3S3+. The number of ether oxygens (including phenoxy) is 1. The number of anilines is 2. The van der Waals surface area contributed by atoms with Gasteiger partial charge in [0.25, 0.3) is 20.2 Å². The monoisotopic (exact) mass is 1360 g/mol. The summed E-state index contributed by atoms with van der Waals surface area (Å²) in [6.45, 7) is 5.30. The van der Waals surface area contributed by atoms with Crippen LogP contribution in [-0.2, 0) is 82.6 Å². The number of aliphatic hydroxyl groups excluding tert-OH is 1. The first-order chi connectivity index (χ1) is 42.3. The molecule has 4 aromatic rings. The van der Waals surface area contributed by atoms with Gasteiger partial charge in [-0.1, -0.05) is 37.8 Å². The van der Waals surface area contributed by atoms with E-state index < -0.39 is 101 Å². The van der Waals surface area contributed by atoms with Crippen molar-refractivity contribution >= 4 is 94.1 Å². The molecule has 1 fully saturated rings. The van der Waals surface area contributed by atoms with E-state index in [4.69, 9.17) is 14.5 Å². The molecule has 0 spiro atoms. The minimum atomic E-state index is -6.71. The van der Waals surface area contributed by atoms with E-state index in [9.17, 15) is 73.7 Å². The number of benzene rings is 3. The third kappa shape index (κ3) is 14.1. The van der Waals surface area contributed by atoms with E-state index in [1.807, 2.05) is 58.7 Å². The molecule has 3 unspecified atom stereocenters. The van der Waals surface area contributed by atoms with Gasteiger partial charge in [-0.15, -0.1) is 0 Å². The van der Waals surface area contributed by atoms with Crippen molar-refractivity contribution in [2.24, 2.45) is 0 Å². The van der Waals surface area contributed by atoms with Gasteiger partial charge in [0.1, 0.15) is 6.54 Å². The smallest absolute Gasteiger partial charge is 0.282 e. The Hall–Kier alpha value is -6.47. The molecule has 4 aliphatic rings. The number of H-pyrrole nitrogens is 1. The molecule has 0 radical (unpaired) electrons. The summed E-state index contributed by atoms with van der Waals surface area (Å²) in [6.07, 6.45) is 8.78. The van der Waals surface area contributed by atoms with E-state index in [-0.39, 0.29) is 40.5 Å². The molecule has 3 aliphatic heterocycles. The molecule has 0 bridgehead atoms. The van der Waals surface area contributed by atoms with E-state index in [0.717, 1.165) is 97.2 Å². The van der Waals surface area contributed by atoms with Gasteiger partial charge in [-0.3, -0.25) is 18.7 Å². The quantitative estimate of drug-likeness (QED) is 0.0100. The molecule has 3 aromatic carbocycles. The Morgan fingerprint density at radius 2 is 1.52 bits per heavy atom. The van der Waals surface area contributed by atoms with Crippen molar-refractivity contribution in [2.75, 3.05) is 29.9 Å². The van der Waals surface area contributed by atoms with Crippen molar-refractivity contribution in [1.82, 2.24) is 14.9 Å². The van der Waals surface area contributed by atoms with Gasteiger partial charge >= 0.3 is 176 Å². The maximum absolute atomic E-state index is 13.2. The molecule has 1 saturated heterocycles. The van der Waals surface area contributed by atoms with E-state index in [0.29, 0.717) is 18.8 Å². The number of hydrogen-bond acceptors (Lipinski definition) is 22. The van der Waals surface area contributed by atoms with E-state index in [2.05, 4.69) is 58.8 Å². The fraction of sp³-hybridized carbons (Fsp3) is 0.375. The Labute approximate surface area is 520 Å². The molecule has 1 aliphatic carbocycles. The second kappa shape index (κ2) is 27.4. The molecule has 28 nitrogen and oxygen atoms in total. The Bertz CT molecular complexity index is 4210. The summed E-state index contributed by atoms with van der Waals surface area (Å²) in [6, 6.07) is 16.5. The average Bonchev–Trinajstić information content (AvgIpc) is 1.21. The number of allylic oxidation sites excluding steroid dienone is 7. The molecule has 0 saturated carbocycles. The fourth-order valence-corrected chi connectivity index (χ4v) is 17.7. The molecule has 484 valence electrons. The summed E-state index contributed by atoms with van der Waals surface area (Å²) >= 11 is 1.54. The van der Waals surface area contributed by atoms with Crippen molar-refractivity contribution in [3.8, 4) is 0 Å². The van der Waals surface area contributed by atoms with Gasteiger partial charge in [-0.05, 0) is 131 Å². The van der Waals surface area contributed by atoms with Gasteiger partial charge in [0, 0.05) is 69.4 Å². The molecule has 90 heavy (non-hydrogen) atoms. The van der Waals surface area contributed by atoms with Crippen molar-refractivity contribution in [3.63, 3.8) is 0 Å². The Morgan fingerprint density at radius 3 is 2.14 bits per heavy atom. The second-order valence-electron chi connectivity index (χ2n) is 22.1. The molecule has 4 heterocycles. The van der Waals surface area contributed by atoms with Gasteiger partial charge in [0.05, 0.1) is 15.2 Å². The van der Waals surface area contributed by atoms with Gasteiger partial charge in [-0.25, -0.2) is 0 Å². The molecule has 1 aromatic heterocycles. The minimum Gasteiger partial charge on any atom is -0.282 e. The van der Waals surface area contributed by atoms with Gasteiger partial charge < -0.3 is 10.2 Å². The number of carbonyl (C=O) groups excluding carboxylic acids is 2. The van der Waals surface area contributed by atoms with Crippen LogP contribution < -0.4 is 26.8 Å². The largest absolute Gasteiger partial charge is 0.294 e. The standard InChI is InChI=1S/C56H65N6O22P3S3/c1-7-60-43-23-21-39(89(74,75)76)29-41(43)55(3,4)47(60)25-15-34-11-9-12-35(16-26-48-56(5,6)42-30-40(90(77,78)79)22-24-44(42)61(48)8-2)52(34)88-38-19-17-37(18-20-38)58-50(65)14-10-13-49(64)57-28-27-36-32-62(54(67)59-53(36)66)51-31-45(63)46(81-51)33-80-87(83-69,84-82-68,85(70)71)86(72)73/h15-30,32,45-46,51,63H,7-14,31,33H2,1-6H3,(H6-,57,58,59,64,65,66,67,68,69,74,75,76,77,78,79)/p+1/b28-27+. The van der Waals surface area contributed by atoms with Crippen LogP contribution in [0.15, 0.2) is 143 Å². The van der Waals surface area contributed by atoms with Gasteiger partial charge in [0.15, 0.2) is 5.71 Å². The molecular weight excluding hydrogens is 1300 g/mol. The maximum atomic E-state index is 13.2. The SMILES string of the molecule is CCN1/C(=C/C=C2\CCCC(/C=C/C3=[N+](CC)c4ccc(S(=O)(=O)O)cc4C3(C)C)=C2Sc2ccc(NC(=O)CCCC(=O)N/C=C/c3cn(C4CC(O)C(COP(OO)(OOO)(P(=O)=O)P(=O)=O)O4)c(=O)[nH]c3=O)cc2)C(C)(C)c2cc(S(=O)(=O)O)ccc21. The summed E-state index contributed by atoms with van der Waals surface area (Å²) in [5, 5.41) is 37.1. The van der Waals surface area contributed by atoms with E-state index >= 15 is 0 Å². The van der Waals surface area contributed by atoms with Crippen molar-refractivity contribution < 1.29 is 97.6 Å². The fourth-order valence-electron chi connectivity index (χ4n) is 11.1. The average molecular weight is 1360 g/mol. The number of aliphatic hydroxyl groups is 1. The molecule has 8 rings (SSSR count). The number of aromatic amines is 1. The van der Waals surface area contributed by atoms with Crippen LogP contribution >= 0.6 is 33.2 Å². The summed E-state index contributed by atoms with van der Waals surface area (Å²) < 4.78 is 137. The van der Waals surface area contributed by atoms with Crippen LogP contribution in [0.1, 0.15) is 109 Å². The molecule has 34 heteroatoms. The second-order valence-corrected chi connectivity index (χ2v) is 36.2. The first kappa shape index (κ1) is 69.4. The number of carbonyl (C=O) groups is 2. The third-order valence-electron chi connectivity index (χ3n) is 15.8. The zero-order valence-electron chi connectivity index (χ0n) is 49.2. The number of likely N-dealkylation sites (N-methyl/N-ethyl adjacent to an activating group) is 1. The van der Waals surface area contributed by atoms with Crippen molar-refractivity contribution in [1.29, 1.82) is 0 Å². The molecule has 2 amide bonds.